The number of rotatable bonds is 9. The Hall–Kier alpha value is -1.98. The van der Waals surface area contributed by atoms with Crippen LogP contribution >= 0.6 is 23.4 Å². The van der Waals surface area contributed by atoms with Gasteiger partial charge in [-0.15, -0.1) is 11.8 Å². The molecule has 4 nitrogen and oxygen atoms in total. The summed E-state index contributed by atoms with van der Waals surface area (Å²) in [4.78, 5) is 27.9. The summed E-state index contributed by atoms with van der Waals surface area (Å²) < 4.78 is 0. The maximum Gasteiger partial charge on any atom is 0.243 e. The van der Waals surface area contributed by atoms with Crippen molar-refractivity contribution in [1.29, 1.82) is 0 Å². The van der Waals surface area contributed by atoms with Crippen molar-refractivity contribution < 1.29 is 9.59 Å². The molecule has 0 unspecified atom stereocenters. The Balaban J connectivity index is 2.14. The molecule has 31 heavy (non-hydrogen) atoms. The van der Waals surface area contributed by atoms with Crippen molar-refractivity contribution in [2.75, 3.05) is 5.75 Å². The molecule has 1 N–H and O–H groups in total. The third-order valence-corrected chi connectivity index (χ3v) is 6.01. The minimum atomic E-state index is -0.510. The van der Waals surface area contributed by atoms with E-state index in [1.165, 1.54) is 0 Å². The molecule has 0 saturated heterocycles. The first kappa shape index (κ1) is 25.3. The molecule has 2 aromatic rings. The zero-order valence-corrected chi connectivity index (χ0v) is 20.6. The van der Waals surface area contributed by atoms with E-state index in [1.807, 2.05) is 83.1 Å². The summed E-state index contributed by atoms with van der Waals surface area (Å²) in [5.41, 5.74) is 2.94. The van der Waals surface area contributed by atoms with Gasteiger partial charge < -0.3 is 10.2 Å². The van der Waals surface area contributed by atoms with Gasteiger partial charge in [-0.25, -0.2) is 0 Å². The molecule has 0 spiro atoms. The molecule has 0 bridgehead atoms. The lowest BCUT2D eigenvalue weighted by atomic mass is 10.1. The van der Waals surface area contributed by atoms with Crippen LogP contribution in [0.2, 0.25) is 5.02 Å². The molecular formula is C25H33ClN2O2S. The van der Waals surface area contributed by atoms with Gasteiger partial charge in [0.1, 0.15) is 6.04 Å². The summed E-state index contributed by atoms with van der Waals surface area (Å²) in [5, 5.41) is 3.73. The third-order valence-electron chi connectivity index (χ3n) is 4.77. The molecule has 168 valence electrons. The van der Waals surface area contributed by atoms with Crippen LogP contribution in [0.3, 0.4) is 0 Å². The predicted octanol–water partition coefficient (Wildman–Crippen LogP) is 5.60. The van der Waals surface area contributed by atoms with Crippen molar-refractivity contribution in [3.05, 3.63) is 70.2 Å². The van der Waals surface area contributed by atoms with Gasteiger partial charge in [-0.05, 0) is 57.4 Å². The summed E-state index contributed by atoms with van der Waals surface area (Å²) in [6, 6.07) is 15.2. The van der Waals surface area contributed by atoms with Crippen LogP contribution in [0.5, 0.6) is 0 Å². The lowest BCUT2D eigenvalue weighted by Crippen LogP contribution is -2.53. The van der Waals surface area contributed by atoms with Crippen LogP contribution in [-0.2, 0) is 21.9 Å². The number of benzene rings is 2. The van der Waals surface area contributed by atoms with E-state index in [1.54, 1.807) is 16.7 Å². The molecule has 0 radical (unpaired) electrons. The average molecular weight is 461 g/mol. The van der Waals surface area contributed by atoms with E-state index in [0.29, 0.717) is 29.5 Å². The van der Waals surface area contributed by atoms with Gasteiger partial charge in [0.05, 0.1) is 5.75 Å². The SMILES string of the molecule is CC[C@@H](C(=O)NC(C)(C)C)N(Cc1ccc(C)cc1)C(=O)CSCc1ccc(Cl)cc1. The second-order valence-corrected chi connectivity index (χ2v) is 10.2. The van der Waals surface area contributed by atoms with Gasteiger partial charge in [0.25, 0.3) is 0 Å². The minimum Gasteiger partial charge on any atom is -0.350 e. The van der Waals surface area contributed by atoms with Crippen molar-refractivity contribution in [2.24, 2.45) is 0 Å². The average Bonchev–Trinajstić information content (AvgIpc) is 2.69. The van der Waals surface area contributed by atoms with Crippen molar-refractivity contribution in [3.8, 4) is 0 Å². The van der Waals surface area contributed by atoms with Crippen LogP contribution < -0.4 is 5.32 Å². The zero-order chi connectivity index (χ0) is 23.0. The summed E-state index contributed by atoms with van der Waals surface area (Å²) in [6.07, 6.45) is 0.557. The molecule has 1 atom stereocenters. The van der Waals surface area contributed by atoms with E-state index < -0.39 is 6.04 Å². The molecule has 0 saturated carbocycles. The van der Waals surface area contributed by atoms with E-state index in [9.17, 15) is 9.59 Å². The maximum absolute atomic E-state index is 13.2. The second kappa shape index (κ2) is 11.6. The molecule has 2 aromatic carbocycles. The third kappa shape index (κ3) is 8.58. The van der Waals surface area contributed by atoms with E-state index in [2.05, 4.69) is 5.32 Å². The number of carbonyl (C=O) groups excluding carboxylic acids is 2. The molecule has 2 rings (SSSR count). The Kier molecular flexibility index (Phi) is 9.45. The number of nitrogens with one attached hydrogen (secondary N) is 1. The van der Waals surface area contributed by atoms with Crippen LogP contribution in [0.4, 0.5) is 0 Å². The minimum absolute atomic E-state index is 0.0320. The molecule has 0 heterocycles. The van der Waals surface area contributed by atoms with Gasteiger partial charge in [-0.2, -0.15) is 0 Å². The standard InChI is InChI=1S/C25H33ClN2O2S/c1-6-22(24(30)27-25(3,4)5)28(15-19-9-7-18(2)8-10-19)23(29)17-31-16-20-11-13-21(26)14-12-20/h7-14,22H,6,15-17H2,1-5H3,(H,27,30)/t22-/m0/s1. The van der Waals surface area contributed by atoms with Crippen LogP contribution in [0, 0.1) is 6.92 Å². The van der Waals surface area contributed by atoms with Crippen LogP contribution in [0.15, 0.2) is 48.5 Å². The first-order chi connectivity index (χ1) is 14.6. The summed E-state index contributed by atoms with van der Waals surface area (Å²) in [5.74, 6) is 0.883. The Morgan fingerprint density at radius 3 is 2.16 bits per heavy atom. The molecule has 0 aliphatic carbocycles. The Morgan fingerprint density at radius 1 is 1.03 bits per heavy atom. The monoisotopic (exact) mass is 460 g/mol. The molecular weight excluding hydrogens is 428 g/mol. The Morgan fingerprint density at radius 2 is 1.61 bits per heavy atom. The number of hydrogen-bond donors (Lipinski definition) is 1. The fourth-order valence-electron chi connectivity index (χ4n) is 3.18. The lowest BCUT2D eigenvalue weighted by Gasteiger charge is -2.33. The van der Waals surface area contributed by atoms with E-state index >= 15 is 0 Å². The number of amides is 2. The smallest absolute Gasteiger partial charge is 0.243 e. The van der Waals surface area contributed by atoms with Gasteiger partial charge in [0.15, 0.2) is 0 Å². The molecule has 0 aliphatic rings. The molecule has 0 aromatic heterocycles. The van der Waals surface area contributed by atoms with Gasteiger partial charge in [0, 0.05) is 22.9 Å². The van der Waals surface area contributed by atoms with E-state index in [-0.39, 0.29) is 17.4 Å². The highest BCUT2D eigenvalue weighted by molar-refractivity contribution is 7.99. The van der Waals surface area contributed by atoms with Crippen molar-refractivity contribution in [3.63, 3.8) is 0 Å². The highest BCUT2D eigenvalue weighted by Crippen LogP contribution is 2.19. The number of halogens is 1. The number of thioether (sulfide) groups is 1. The number of carbonyl (C=O) groups is 2. The van der Waals surface area contributed by atoms with Gasteiger partial charge in [-0.1, -0.05) is 60.5 Å². The summed E-state index contributed by atoms with van der Waals surface area (Å²) >= 11 is 7.49. The molecule has 0 aliphatic heterocycles. The van der Waals surface area contributed by atoms with Gasteiger partial charge in [-0.3, -0.25) is 9.59 Å². The highest BCUT2D eigenvalue weighted by atomic mass is 35.5. The van der Waals surface area contributed by atoms with E-state index in [4.69, 9.17) is 11.6 Å². The van der Waals surface area contributed by atoms with Crippen LogP contribution in [0.25, 0.3) is 0 Å². The quantitative estimate of drug-likeness (QED) is 0.529. The van der Waals surface area contributed by atoms with Crippen molar-refractivity contribution in [1.82, 2.24) is 10.2 Å². The number of hydrogen-bond acceptors (Lipinski definition) is 3. The molecule has 6 heteroatoms. The second-order valence-electron chi connectivity index (χ2n) is 8.79. The van der Waals surface area contributed by atoms with Crippen LogP contribution in [-0.4, -0.2) is 34.0 Å². The Bertz CT molecular complexity index is 861. The maximum atomic E-state index is 13.2. The first-order valence-corrected chi connectivity index (χ1v) is 12.1. The summed E-state index contributed by atoms with van der Waals surface area (Å²) in [7, 11) is 0. The van der Waals surface area contributed by atoms with E-state index in [0.717, 1.165) is 16.7 Å². The van der Waals surface area contributed by atoms with Crippen molar-refractivity contribution >= 4 is 35.2 Å². The number of nitrogens with zero attached hydrogens (tertiary/aromatic N) is 1. The van der Waals surface area contributed by atoms with Gasteiger partial charge >= 0.3 is 0 Å². The fourth-order valence-corrected chi connectivity index (χ4v) is 4.18. The Labute approximate surface area is 195 Å². The molecule has 0 fully saturated rings. The number of aryl methyl sites for hydroxylation is 1. The molecule has 2 amide bonds. The largest absolute Gasteiger partial charge is 0.350 e. The van der Waals surface area contributed by atoms with Gasteiger partial charge in [0.2, 0.25) is 11.8 Å². The zero-order valence-electron chi connectivity index (χ0n) is 19.1. The predicted molar refractivity (Wildman–Crippen MR) is 131 cm³/mol. The van der Waals surface area contributed by atoms with Crippen LogP contribution in [0.1, 0.15) is 50.8 Å². The lowest BCUT2D eigenvalue weighted by molar-refractivity contribution is -0.140. The van der Waals surface area contributed by atoms with Crippen molar-refractivity contribution in [2.45, 2.75) is 64.9 Å². The first-order valence-electron chi connectivity index (χ1n) is 10.6. The fraction of sp³-hybridized carbons (Fsp3) is 0.440. The highest BCUT2D eigenvalue weighted by Gasteiger charge is 2.30. The summed E-state index contributed by atoms with van der Waals surface area (Å²) in [6.45, 7) is 10.2. The normalized spacial score (nSPS) is 12.3. The topological polar surface area (TPSA) is 49.4 Å².